The number of nitrogens with zero attached hydrogens (tertiary/aromatic N) is 6. The molecule has 3 aromatic rings. The summed E-state index contributed by atoms with van der Waals surface area (Å²) in [5.41, 5.74) is 3.56. The fraction of sp³-hybridized carbons (Fsp3) is 0.391. The van der Waals surface area contributed by atoms with Crippen LogP contribution in [0.4, 0.5) is 11.6 Å². The van der Waals surface area contributed by atoms with Crippen LogP contribution in [-0.2, 0) is 11.8 Å². The molecule has 0 saturated carbocycles. The van der Waals surface area contributed by atoms with Crippen molar-refractivity contribution in [3.63, 3.8) is 0 Å². The van der Waals surface area contributed by atoms with Gasteiger partial charge in [-0.2, -0.15) is 0 Å². The number of nitrogens with one attached hydrogen (secondary N) is 1. The van der Waals surface area contributed by atoms with Gasteiger partial charge in [0.05, 0.1) is 24.6 Å². The van der Waals surface area contributed by atoms with Crippen molar-refractivity contribution in [2.75, 3.05) is 55.7 Å². The second kappa shape index (κ2) is 9.05. The molecule has 0 amide bonds. The first-order chi connectivity index (χ1) is 15.7. The molecule has 0 aliphatic carbocycles. The lowest BCUT2D eigenvalue weighted by Gasteiger charge is -2.35. The van der Waals surface area contributed by atoms with Crippen LogP contribution in [0.5, 0.6) is 0 Å². The predicted molar refractivity (Wildman–Crippen MR) is 123 cm³/mol. The minimum Gasteiger partial charge on any atom is -0.378 e. The van der Waals surface area contributed by atoms with Gasteiger partial charge >= 0.3 is 0 Å². The lowest BCUT2D eigenvalue weighted by atomic mass is 10.0. The molecule has 2 aliphatic heterocycles. The van der Waals surface area contributed by atoms with E-state index in [1.807, 2.05) is 0 Å². The summed E-state index contributed by atoms with van der Waals surface area (Å²) in [6.45, 7) is 5.72. The van der Waals surface area contributed by atoms with Crippen molar-refractivity contribution >= 4 is 11.6 Å². The number of ether oxygens (including phenoxy) is 1. The van der Waals surface area contributed by atoms with Crippen LogP contribution in [0, 0.1) is 0 Å². The van der Waals surface area contributed by atoms with Crippen LogP contribution < -0.4 is 20.7 Å². The lowest BCUT2D eigenvalue weighted by Crippen LogP contribution is -2.47. The van der Waals surface area contributed by atoms with E-state index in [1.165, 1.54) is 23.6 Å². The summed E-state index contributed by atoms with van der Waals surface area (Å²) >= 11 is 0. The molecule has 5 rings (SSSR count). The van der Waals surface area contributed by atoms with Crippen molar-refractivity contribution in [3.05, 3.63) is 64.8 Å². The Balaban J connectivity index is 1.37. The monoisotopic (exact) mass is 433 g/mol. The maximum atomic E-state index is 12.6. The minimum absolute atomic E-state index is 0.103. The van der Waals surface area contributed by atoms with Crippen LogP contribution in [0.25, 0.3) is 11.4 Å². The fourth-order valence-electron chi connectivity index (χ4n) is 4.28. The molecule has 1 aromatic carbocycles. The average molecular weight is 434 g/mol. The summed E-state index contributed by atoms with van der Waals surface area (Å²) in [5.74, 6) is 0.655. The Kier molecular flexibility index (Phi) is 5.83. The first-order valence-electron chi connectivity index (χ1n) is 10.9. The third-order valence-corrected chi connectivity index (χ3v) is 6.09. The standard InChI is InChI=1S/C23H27N7O2/c1-28-22(31)14-20(19-6-7-24-16-26-19)27-23(28)30-9-8-25-21(15-30)17-2-4-18(5-3-17)29-10-12-32-13-11-29/h2-7,14,16,21,25H,8-13,15H2,1H3. The van der Waals surface area contributed by atoms with Crippen LogP contribution >= 0.6 is 0 Å². The highest BCUT2D eigenvalue weighted by Crippen LogP contribution is 2.25. The minimum atomic E-state index is -0.103. The molecule has 32 heavy (non-hydrogen) atoms. The number of anilines is 2. The molecule has 2 saturated heterocycles. The summed E-state index contributed by atoms with van der Waals surface area (Å²) in [7, 11) is 1.77. The van der Waals surface area contributed by atoms with Gasteiger partial charge in [-0.05, 0) is 23.8 Å². The number of benzene rings is 1. The molecular weight excluding hydrogens is 406 g/mol. The van der Waals surface area contributed by atoms with Crippen molar-refractivity contribution in [2.45, 2.75) is 6.04 Å². The van der Waals surface area contributed by atoms with E-state index in [0.29, 0.717) is 17.3 Å². The van der Waals surface area contributed by atoms with Crippen LogP contribution in [0.15, 0.2) is 53.7 Å². The highest BCUT2D eigenvalue weighted by Gasteiger charge is 2.24. The van der Waals surface area contributed by atoms with Crippen molar-refractivity contribution in [1.29, 1.82) is 0 Å². The van der Waals surface area contributed by atoms with Gasteiger partial charge in [-0.15, -0.1) is 0 Å². The molecule has 2 aliphatic rings. The summed E-state index contributed by atoms with van der Waals surface area (Å²) in [6.07, 6.45) is 3.12. The Morgan fingerprint density at radius 2 is 1.84 bits per heavy atom. The molecule has 2 fully saturated rings. The van der Waals surface area contributed by atoms with Gasteiger partial charge in [0.15, 0.2) is 0 Å². The number of piperazine rings is 1. The molecule has 166 valence electrons. The van der Waals surface area contributed by atoms with Crippen molar-refractivity contribution in [1.82, 2.24) is 24.8 Å². The van der Waals surface area contributed by atoms with Gasteiger partial charge in [-0.25, -0.2) is 15.0 Å². The largest absolute Gasteiger partial charge is 0.378 e. The number of aromatic nitrogens is 4. The summed E-state index contributed by atoms with van der Waals surface area (Å²) in [5, 5.41) is 3.60. The molecule has 0 radical (unpaired) electrons. The smallest absolute Gasteiger partial charge is 0.255 e. The second-order valence-electron chi connectivity index (χ2n) is 8.08. The molecule has 1 unspecified atom stereocenters. The van der Waals surface area contributed by atoms with Crippen molar-refractivity contribution < 1.29 is 4.74 Å². The maximum Gasteiger partial charge on any atom is 0.255 e. The molecule has 9 heteroatoms. The number of morpholine rings is 1. The molecule has 0 spiro atoms. The molecule has 1 N–H and O–H groups in total. The van der Waals surface area contributed by atoms with Gasteiger partial charge in [0.25, 0.3) is 5.56 Å². The van der Waals surface area contributed by atoms with E-state index in [0.717, 1.165) is 45.9 Å². The Labute approximate surface area is 186 Å². The predicted octanol–water partition coefficient (Wildman–Crippen LogP) is 1.22. The van der Waals surface area contributed by atoms with Gasteiger partial charge in [-0.1, -0.05) is 12.1 Å². The van der Waals surface area contributed by atoms with Gasteiger partial charge < -0.3 is 19.9 Å². The molecule has 4 heterocycles. The van der Waals surface area contributed by atoms with E-state index < -0.39 is 0 Å². The highest BCUT2D eigenvalue weighted by molar-refractivity contribution is 5.55. The third-order valence-electron chi connectivity index (χ3n) is 6.09. The Hall–Kier alpha value is -3.30. The normalized spacial score (nSPS) is 19.2. The Morgan fingerprint density at radius 1 is 1.03 bits per heavy atom. The topological polar surface area (TPSA) is 88.4 Å². The van der Waals surface area contributed by atoms with Crippen molar-refractivity contribution in [3.8, 4) is 11.4 Å². The summed E-state index contributed by atoms with van der Waals surface area (Å²) in [4.78, 5) is 30.1. The zero-order valence-corrected chi connectivity index (χ0v) is 18.1. The molecule has 9 nitrogen and oxygen atoms in total. The van der Waals surface area contributed by atoms with Crippen LogP contribution in [0.2, 0.25) is 0 Å². The molecule has 0 bridgehead atoms. The molecule has 1 atom stereocenters. The van der Waals surface area contributed by atoms with E-state index >= 15 is 0 Å². The number of hydrogen-bond donors (Lipinski definition) is 1. The van der Waals surface area contributed by atoms with E-state index in [-0.39, 0.29) is 11.6 Å². The van der Waals surface area contributed by atoms with Crippen LogP contribution in [0.1, 0.15) is 11.6 Å². The van der Waals surface area contributed by atoms with Crippen molar-refractivity contribution in [2.24, 2.45) is 7.05 Å². The summed E-state index contributed by atoms with van der Waals surface area (Å²) < 4.78 is 7.06. The lowest BCUT2D eigenvalue weighted by molar-refractivity contribution is 0.122. The first kappa shape index (κ1) is 20.6. The number of rotatable bonds is 4. The van der Waals surface area contributed by atoms with Gasteiger partial charge in [0.2, 0.25) is 5.95 Å². The Morgan fingerprint density at radius 3 is 2.59 bits per heavy atom. The highest BCUT2D eigenvalue weighted by atomic mass is 16.5. The first-order valence-corrected chi connectivity index (χ1v) is 10.9. The number of hydrogen-bond acceptors (Lipinski definition) is 8. The molecule has 2 aromatic heterocycles. The van der Waals surface area contributed by atoms with Crippen LogP contribution in [0.3, 0.4) is 0 Å². The van der Waals surface area contributed by atoms with Gasteiger partial charge in [-0.3, -0.25) is 9.36 Å². The SMILES string of the molecule is Cn1c(N2CCNC(c3ccc(N4CCOCC4)cc3)C2)nc(-c2ccncn2)cc1=O. The van der Waals surface area contributed by atoms with Gasteiger partial charge in [0.1, 0.15) is 6.33 Å². The fourth-order valence-corrected chi connectivity index (χ4v) is 4.28. The van der Waals surface area contributed by atoms with E-state index in [9.17, 15) is 4.79 Å². The quantitative estimate of drug-likeness (QED) is 0.657. The van der Waals surface area contributed by atoms with E-state index in [1.54, 1.807) is 23.9 Å². The van der Waals surface area contributed by atoms with Gasteiger partial charge in [0, 0.05) is 63.8 Å². The molecular formula is C23H27N7O2. The van der Waals surface area contributed by atoms with E-state index in [4.69, 9.17) is 9.72 Å². The average Bonchev–Trinajstić information content (AvgIpc) is 2.87. The third kappa shape index (κ3) is 4.21. The van der Waals surface area contributed by atoms with Crippen LogP contribution in [-0.4, -0.2) is 65.5 Å². The Bertz CT molecular complexity index is 1110. The maximum absolute atomic E-state index is 12.6. The van der Waals surface area contributed by atoms with E-state index in [2.05, 4.69) is 49.4 Å². The summed E-state index contributed by atoms with van der Waals surface area (Å²) in [6, 6.07) is 12.2. The zero-order valence-electron chi connectivity index (χ0n) is 18.1. The second-order valence-corrected chi connectivity index (χ2v) is 8.08. The zero-order chi connectivity index (χ0) is 21.9.